The highest BCUT2D eigenvalue weighted by molar-refractivity contribution is 6.01. The molecule has 0 bridgehead atoms. The van der Waals surface area contributed by atoms with E-state index < -0.39 is 11.7 Å². The van der Waals surface area contributed by atoms with Crippen LogP contribution in [0.15, 0.2) is 28.0 Å². The molecule has 0 saturated heterocycles. The van der Waals surface area contributed by atoms with Crippen LogP contribution in [0.25, 0.3) is 0 Å². The maximum Gasteiger partial charge on any atom is 0.441 e. The van der Waals surface area contributed by atoms with Gasteiger partial charge in [-0.15, -0.1) is 0 Å². The van der Waals surface area contributed by atoms with E-state index in [1.54, 1.807) is 39.8 Å². The molecule has 0 aliphatic heterocycles. The van der Waals surface area contributed by atoms with E-state index in [9.17, 15) is 14.4 Å². The first-order valence-electron chi connectivity index (χ1n) is 7.64. The predicted molar refractivity (Wildman–Crippen MR) is 87.5 cm³/mol. The van der Waals surface area contributed by atoms with Crippen molar-refractivity contribution in [2.75, 3.05) is 0 Å². The summed E-state index contributed by atoms with van der Waals surface area (Å²) < 4.78 is 22.9. The number of carbonyl (C=O) groups is 1. The Morgan fingerprint density at radius 2 is 2.12 bits per heavy atom. The van der Waals surface area contributed by atoms with E-state index in [1.807, 2.05) is 5.48 Å². The number of hydrogen-bond donors (Lipinski definition) is 2. The molecule has 0 atom stereocenters. The molecule has 10 heteroatoms. The highest BCUT2D eigenvalue weighted by Gasteiger charge is 2.22. The number of benzene rings is 1. The van der Waals surface area contributed by atoms with Crippen molar-refractivity contribution in [1.29, 1.82) is 0 Å². The van der Waals surface area contributed by atoms with E-state index in [0.29, 0.717) is 11.1 Å². The minimum Gasteiger partial charge on any atom is -0.442 e. The molecular weight excluding hydrogens is 347 g/mol. The molecule has 0 aliphatic carbocycles. The van der Waals surface area contributed by atoms with Crippen molar-refractivity contribution in [1.82, 2.24) is 15.8 Å². The predicted octanol–water partition coefficient (Wildman–Crippen LogP) is 2.76. The number of hydroxylamine groups is 1. The summed E-state index contributed by atoms with van der Waals surface area (Å²) in [5.41, 5.74) is 2.47. The van der Waals surface area contributed by atoms with Crippen molar-refractivity contribution in [3.8, 4) is 5.88 Å². The number of carbonyl (C=O) groups excluding carboxylic acids is 1. The average Bonchev–Trinajstić information content (AvgIpc) is 3.00. The lowest BCUT2D eigenvalue weighted by Crippen LogP contribution is -2.34. The Hall–Kier alpha value is -3.17. The number of rotatable bonds is 5. The number of aryl methyl sites for hydroxylation is 1. The number of nitrogens with one attached hydrogen (secondary N) is 1. The lowest BCUT2D eigenvalue weighted by Gasteiger charge is -2.19. The Morgan fingerprint density at radius 1 is 1.38 bits per heavy atom. The minimum atomic E-state index is -0.844. The van der Waals surface area contributed by atoms with Gasteiger partial charge in [0.15, 0.2) is 5.69 Å². The van der Waals surface area contributed by atoms with Gasteiger partial charge in [-0.1, -0.05) is 17.3 Å². The summed E-state index contributed by atoms with van der Waals surface area (Å²) in [6, 6.07) is 4.45. The molecule has 2 N–H and O–H groups in total. The van der Waals surface area contributed by atoms with E-state index in [0.717, 1.165) is 0 Å². The number of amides is 1. The first kappa shape index (κ1) is 19.2. The van der Waals surface area contributed by atoms with Gasteiger partial charge in [-0.2, -0.15) is 5.48 Å². The molecule has 0 radical (unpaired) electrons. The second kappa shape index (κ2) is 7.81. The monoisotopic (exact) mass is 366 g/mol. The number of hydrogen-bond acceptors (Lipinski definition) is 8. The standard InChI is InChI=1S/C16H19FN4O5/c1-9-7-10(5-6-11(9)17)8-12(18-23)13-14(20-26-19-13)25-21-15(22)24-16(2,3)4/h5-7,23H,8H2,1-4H3,(H,21,22)/b18-12+. The molecule has 0 fully saturated rings. The largest absolute Gasteiger partial charge is 0.442 e. The van der Waals surface area contributed by atoms with Crippen LogP contribution in [0.4, 0.5) is 9.18 Å². The first-order chi connectivity index (χ1) is 12.2. The third-order valence-corrected chi connectivity index (χ3v) is 3.08. The van der Waals surface area contributed by atoms with Gasteiger partial charge in [0.25, 0.3) is 0 Å². The molecule has 0 saturated carbocycles. The summed E-state index contributed by atoms with van der Waals surface area (Å²) in [6.07, 6.45) is -0.739. The fraction of sp³-hybridized carbons (Fsp3) is 0.375. The molecule has 0 unspecified atom stereocenters. The number of nitrogens with zero attached hydrogens (tertiary/aromatic N) is 3. The number of aromatic nitrogens is 2. The highest BCUT2D eigenvalue weighted by Crippen LogP contribution is 2.17. The van der Waals surface area contributed by atoms with Crippen LogP contribution in [0.5, 0.6) is 5.88 Å². The Bertz CT molecular complexity index is 813. The second-order valence-electron chi connectivity index (χ2n) is 6.43. The van der Waals surface area contributed by atoms with Crippen molar-refractivity contribution in [3.05, 3.63) is 40.8 Å². The van der Waals surface area contributed by atoms with Crippen LogP contribution in [-0.2, 0) is 11.2 Å². The molecule has 1 aromatic heterocycles. The lowest BCUT2D eigenvalue weighted by molar-refractivity contribution is 0.0271. The van der Waals surface area contributed by atoms with Crippen molar-refractivity contribution in [3.63, 3.8) is 0 Å². The van der Waals surface area contributed by atoms with E-state index in [1.165, 1.54) is 6.07 Å². The van der Waals surface area contributed by atoms with Crippen LogP contribution < -0.4 is 10.3 Å². The summed E-state index contributed by atoms with van der Waals surface area (Å²) >= 11 is 0. The quantitative estimate of drug-likeness (QED) is 0.474. The van der Waals surface area contributed by atoms with Crippen LogP contribution >= 0.6 is 0 Å². The average molecular weight is 366 g/mol. The van der Waals surface area contributed by atoms with Gasteiger partial charge < -0.3 is 14.8 Å². The van der Waals surface area contributed by atoms with E-state index in [2.05, 4.69) is 20.1 Å². The molecule has 0 aliphatic rings. The van der Waals surface area contributed by atoms with Crippen LogP contribution in [0.2, 0.25) is 0 Å². The maximum absolute atomic E-state index is 13.4. The van der Waals surface area contributed by atoms with Crippen molar-refractivity contribution >= 4 is 11.8 Å². The van der Waals surface area contributed by atoms with Gasteiger partial charge >= 0.3 is 12.0 Å². The number of oxime groups is 1. The summed E-state index contributed by atoms with van der Waals surface area (Å²) in [5, 5.41) is 19.5. The molecule has 0 spiro atoms. The van der Waals surface area contributed by atoms with E-state index in [4.69, 9.17) is 9.57 Å². The lowest BCUT2D eigenvalue weighted by atomic mass is 10.0. The first-order valence-corrected chi connectivity index (χ1v) is 7.64. The zero-order chi connectivity index (χ0) is 19.3. The zero-order valence-electron chi connectivity index (χ0n) is 14.7. The molecule has 2 aromatic rings. The Labute approximate surface area is 148 Å². The normalized spacial score (nSPS) is 12.0. The highest BCUT2D eigenvalue weighted by atomic mass is 19.1. The SMILES string of the molecule is Cc1cc(C/C(=N\O)c2nonc2ONC(=O)OC(C)(C)C)ccc1F. The Balaban J connectivity index is 2.09. The van der Waals surface area contributed by atoms with Crippen LogP contribution in [0.1, 0.15) is 37.6 Å². The molecule has 26 heavy (non-hydrogen) atoms. The molecule has 2 rings (SSSR count). The molecule has 140 valence electrons. The van der Waals surface area contributed by atoms with Gasteiger partial charge in [0, 0.05) is 6.42 Å². The van der Waals surface area contributed by atoms with Crippen LogP contribution in [0.3, 0.4) is 0 Å². The van der Waals surface area contributed by atoms with Crippen LogP contribution in [0, 0.1) is 12.7 Å². The molecular formula is C16H19FN4O5. The fourth-order valence-corrected chi connectivity index (χ4v) is 1.99. The van der Waals surface area contributed by atoms with Crippen LogP contribution in [-0.4, -0.2) is 32.9 Å². The summed E-state index contributed by atoms with van der Waals surface area (Å²) in [6.45, 7) is 6.69. The Kier molecular flexibility index (Phi) is 5.75. The third-order valence-electron chi connectivity index (χ3n) is 3.08. The summed E-state index contributed by atoms with van der Waals surface area (Å²) in [5.74, 6) is -0.563. The minimum absolute atomic E-state index is 0.0227. The number of ether oxygens (including phenoxy) is 1. The van der Waals surface area contributed by atoms with Gasteiger partial charge in [-0.3, -0.25) is 0 Å². The zero-order valence-corrected chi connectivity index (χ0v) is 14.7. The van der Waals surface area contributed by atoms with Crippen molar-refractivity contribution in [2.24, 2.45) is 5.16 Å². The van der Waals surface area contributed by atoms with Gasteiger partial charge in [0.2, 0.25) is 0 Å². The maximum atomic E-state index is 13.4. The summed E-state index contributed by atoms with van der Waals surface area (Å²) in [4.78, 5) is 16.6. The topological polar surface area (TPSA) is 119 Å². The van der Waals surface area contributed by atoms with Gasteiger partial charge in [0.1, 0.15) is 17.1 Å². The van der Waals surface area contributed by atoms with Crippen molar-refractivity contribution < 1.29 is 28.6 Å². The molecule has 1 aromatic carbocycles. The van der Waals surface area contributed by atoms with E-state index in [-0.39, 0.29) is 29.5 Å². The molecule has 1 amide bonds. The smallest absolute Gasteiger partial charge is 0.441 e. The molecule has 1 heterocycles. The van der Waals surface area contributed by atoms with Crippen molar-refractivity contribution in [2.45, 2.75) is 39.7 Å². The van der Waals surface area contributed by atoms with E-state index >= 15 is 0 Å². The summed E-state index contributed by atoms with van der Waals surface area (Å²) in [7, 11) is 0. The molecule has 9 nitrogen and oxygen atoms in total. The second-order valence-corrected chi connectivity index (χ2v) is 6.43. The van der Waals surface area contributed by atoms with Gasteiger partial charge in [-0.25, -0.2) is 13.8 Å². The van der Waals surface area contributed by atoms with Gasteiger partial charge in [-0.05, 0) is 55.2 Å². The number of halogens is 1. The van der Waals surface area contributed by atoms with Gasteiger partial charge in [0.05, 0.1) is 0 Å². The third kappa shape index (κ3) is 5.16. The fourth-order valence-electron chi connectivity index (χ4n) is 1.99. The Morgan fingerprint density at radius 3 is 2.73 bits per heavy atom.